The highest BCUT2D eigenvalue weighted by Crippen LogP contribution is 2.11. The fourth-order valence-electron chi connectivity index (χ4n) is 2.16. The number of hydrogen-bond donors (Lipinski definition) is 2. The molecule has 0 aliphatic heterocycles. The van der Waals surface area contributed by atoms with Crippen LogP contribution < -0.4 is 5.32 Å². The van der Waals surface area contributed by atoms with Gasteiger partial charge < -0.3 is 10.4 Å². The lowest BCUT2D eigenvalue weighted by Crippen LogP contribution is -2.42. The number of rotatable bonds is 6. The number of nitrogens with zero attached hydrogens (tertiary/aromatic N) is 3. The van der Waals surface area contributed by atoms with Crippen molar-refractivity contribution in [3.05, 3.63) is 47.5 Å². The number of aliphatic carboxylic acids is 1. The Morgan fingerprint density at radius 2 is 1.96 bits per heavy atom. The molecule has 0 spiro atoms. The number of hydrogen-bond acceptors (Lipinski definition) is 4. The lowest BCUT2D eigenvalue weighted by atomic mass is 10.1. The molecule has 7 nitrogen and oxygen atoms in total. The second kappa shape index (κ2) is 7.04. The van der Waals surface area contributed by atoms with Crippen LogP contribution in [0.15, 0.2) is 30.7 Å². The molecule has 2 N–H and O–H groups in total. The highest BCUT2D eigenvalue weighted by atomic mass is 16.4. The van der Waals surface area contributed by atoms with Crippen LogP contribution in [0.3, 0.4) is 0 Å². The van der Waals surface area contributed by atoms with E-state index in [1.807, 2.05) is 13.8 Å². The number of carbonyl (C=O) groups excluding carboxylic acids is 1. The van der Waals surface area contributed by atoms with Gasteiger partial charge in [0.05, 0.1) is 11.3 Å². The molecule has 0 radical (unpaired) electrons. The summed E-state index contributed by atoms with van der Waals surface area (Å²) in [6.45, 7) is 5.64. The van der Waals surface area contributed by atoms with Crippen molar-refractivity contribution < 1.29 is 14.7 Å². The molecule has 2 rings (SSSR count). The average Bonchev–Trinajstić information content (AvgIpc) is 2.90. The van der Waals surface area contributed by atoms with Crippen molar-refractivity contribution in [2.24, 2.45) is 0 Å². The predicted octanol–water partition coefficient (Wildman–Crippen LogP) is 1.59. The van der Waals surface area contributed by atoms with Crippen LogP contribution in [0.2, 0.25) is 0 Å². The maximum atomic E-state index is 12.4. The smallest absolute Gasteiger partial charge is 0.326 e. The molecule has 2 aromatic rings. The number of carboxylic acid groups (broad SMARTS) is 1. The Labute approximate surface area is 134 Å². The number of amides is 1. The summed E-state index contributed by atoms with van der Waals surface area (Å²) in [5.41, 5.74) is 1.76. The molecule has 2 heterocycles. The zero-order valence-electron chi connectivity index (χ0n) is 13.4. The van der Waals surface area contributed by atoms with Gasteiger partial charge in [-0.3, -0.25) is 14.5 Å². The Hall–Kier alpha value is -2.70. The number of carbonyl (C=O) groups is 2. The van der Waals surface area contributed by atoms with Gasteiger partial charge in [0, 0.05) is 31.1 Å². The van der Waals surface area contributed by atoms with E-state index in [9.17, 15) is 14.7 Å². The van der Waals surface area contributed by atoms with Gasteiger partial charge in [-0.15, -0.1) is 0 Å². The van der Waals surface area contributed by atoms with Crippen molar-refractivity contribution in [1.29, 1.82) is 0 Å². The van der Waals surface area contributed by atoms with Gasteiger partial charge in [0.2, 0.25) is 0 Å². The topological polar surface area (TPSA) is 97.1 Å². The summed E-state index contributed by atoms with van der Waals surface area (Å²) in [6, 6.07) is 2.57. The standard InChI is InChI=1S/C16H20N4O3/c1-10(2)20-9-13(11(3)19-20)15(21)18-14(16(22)23)8-12-4-6-17-7-5-12/h4-7,9-10,14H,8H2,1-3H3,(H,18,21)(H,22,23). The van der Waals surface area contributed by atoms with Crippen LogP contribution in [0.4, 0.5) is 0 Å². The van der Waals surface area contributed by atoms with Crippen LogP contribution >= 0.6 is 0 Å². The van der Waals surface area contributed by atoms with E-state index in [-0.39, 0.29) is 12.5 Å². The van der Waals surface area contributed by atoms with Crippen LogP contribution in [-0.2, 0) is 11.2 Å². The molecule has 0 bridgehead atoms. The first-order valence-corrected chi connectivity index (χ1v) is 7.36. The molecule has 1 unspecified atom stereocenters. The molecule has 0 aliphatic rings. The third-order valence-electron chi connectivity index (χ3n) is 3.48. The number of aryl methyl sites for hydroxylation is 1. The first kappa shape index (κ1) is 16.7. The van der Waals surface area contributed by atoms with Gasteiger partial charge in [-0.1, -0.05) is 0 Å². The van der Waals surface area contributed by atoms with Crippen molar-refractivity contribution in [2.45, 2.75) is 39.3 Å². The Balaban J connectivity index is 2.13. The van der Waals surface area contributed by atoms with Gasteiger partial charge in [0.1, 0.15) is 6.04 Å². The normalized spacial score (nSPS) is 12.2. The minimum absolute atomic E-state index is 0.127. The second-order valence-electron chi connectivity index (χ2n) is 5.63. The minimum atomic E-state index is -1.08. The lowest BCUT2D eigenvalue weighted by molar-refractivity contribution is -0.139. The molecule has 122 valence electrons. The van der Waals surface area contributed by atoms with E-state index >= 15 is 0 Å². The molecule has 1 amide bonds. The zero-order valence-corrected chi connectivity index (χ0v) is 13.4. The van der Waals surface area contributed by atoms with Crippen LogP contribution in [0.1, 0.15) is 41.5 Å². The summed E-state index contributed by atoms with van der Waals surface area (Å²) < 4.78 is 1.68. The average molecular weight is 316 g/mol. The highest BCUT2D eigenvalue weighted by Gasteiger charge is 2.23. The van der Waals surface area contributed by atoms with Crippen molar-refractivity contribution in [3.8, 4) is 0 Å². The van der Waals surface area contributed by atoms with Crippen molar-refractivity contribution >= 4 is 11.9 Å². The molecular weight excluding hydrogens is 296 g/mol. The number of aromatic nitrogens is 3. The molecule has 1 atom stereocenters. The van der Waals surface area contributed by atoms with Gasteiger partial charge in [0.25, 0.3) is 5.91 Å². The Kier molecular flexibility index (Phi) is 5.10. The SMILES string of the molecule is Cc1nn(C(C)C)cc1C(=O)NC(Cc1ccncc1)C(=O)O. The summed E-state index contributed by atoms with van der Waals surface area (Å²) in [5.74, 6) is -1.51. The molecular formula is C16H20N4O3. The van der Waals surface area contributed by atoms with Gasteiger partial charge in [-0.2, -0.15) is 5.10 Å². The number of carboxylic acids is 1. The van der Waals surface area contributed by atoms with Crippen LogP contribution in [0, 0.1) is 6.92 Å². The van der Waals surface area contributed by atoms with Gasteiger partial charge in [-0.05, 0) is 38.5 Å². The quantitative estimate of drug-likeness (QED) is 0.843. The fourth-order valence-corrected chi connectivity index (χ4v) is 2.16. The second-order valence-corrected chi connectivity index (χ2v) is 5.63. The molecule has 2 aromatic heterocycles. The Bertz CT molecular complexity index is 695. The van der Waals surface area contributed by atoms with Gasteiger partial charge >= 0.3 is 5.97 Å². The maximum Gasteiger partial charge on any atom is 0.326 e. The van der Waals surface area contributed by atoms with Crippen molar-refractivity contribution in [1.82, 2.24) is 20.1 Å². The van der Waals surface area contributed by atoms with E-state index < -0.39 is 17.9 Å². The lowest BCUT2D eigenvalue weighted by Gasteiger charge is -2.14. The van der Waals surface area contributed by atoms with E-state index in [1.54, 1.807) is 42.3 Å². The monoisotopic (exact) mass is 316 g/mol. The molecule has 0 saturated carbocycles. The van der Waals surface area contributed by atoms with Gasteiger partial charge in [0.15, 0.2) is 0 Å². The minimum Gasteiger partial charge on any atom is -0.480 e. The van der Waals surface area contributed by atoms with E-state index in [0.29, 0.717) is 11.3 Å². The summed E-state index contributed by atoms with van der Waals surface area (Å²) >= 11 is 0. The van der Waals surface area contributed by atoms with E-state index in [2.05, 4.69) is 15.4 Å². The summed E-state index contributed by atoms with van der Waals surface area (Å²) in [7, 11) is 0. The third-order valence-corrected chi connectivity index (χ3v) is 3.48. The van der Waals surface area contributed by atoms with Crippen LogP contribution in [0.25, 0.3) is 0 Å². The Morgan fingerprint density at radius 1 is 1.30 bits per heavy atom. The number of nitrogens with one attached hydrogen (secondary N) is 1. The summed E-state index contributed by atoms with van der Waals surface area (Å²) in [5, 5.41) is 16.2. The highest BCUT2D eigenvalue weighted by molar-refractivity contribution is 5.97. The zero-order chi connectivity index (χ0) is 17.0. The van der Waals surface area contributed by atoms with Crippen LogP contribution in [0.5, 0.6) is 0 Å². The fraction of sp³-hybridized carbons (Fsp3) is 0.375. The first-order valence-electron chi connectivity index (χ1n) is 7.36. The van der Waals surface area contributed by atoms with E-state index in [0.717, 1.165) is 5.56 Å². The van der Waals surface area contributed by atoms with Crippen LogP contribution in [-0.4, -0.2) is 37.8 Å². The number of pyridine rings is 1. The van der Waals surface area contributed by atoms with Crippen molar-refractivity contribution in [3.63, 3.8) is 0 Å². The molecule has 23 heavy (non-hydrogen) atoms. The van der Waals surface area contributed by atoms with E-state index in [1.165, 1.54) is 0 Å². The Morgan fingerprint density at radius 3 is 2.48 bits per heavy atom. The molecule has 7 heteroatoms. The largest absolute Gasteiger partial charge is 0.480 e. The van der Waals surface area contributed by atoms with Crippen molar-refractivity contribution in [2.75, 3.05) is 0 Å². The molecule has 0 fully saturated rings. The maximum absolute atomic E-state index is 12.4. The third kappa shape index (κ3) is 4.15. The first-order chi connectivity index (χ1) is 10.9. The summed E-state index contributed by atoms with van der Waals surface area (Å²) in [6.07, 6.45) is 5.02. The summed E-state index contributed by atoms with van der Waals surface area (Å²) in [4.78, 5) is 27.7. The van der Waals surface area contributed by atoms with E-state index in [4.69, 9.17) is 0 Å². The molecule has 0 aliphatic carbocycles. The predicted molar refractivity (Wildman–Crippen MR) is 84.2 cm³/mol. The molecule has 0 aromatic carbocycles. The van der Waals surface area contributed by atoms with Gasteiger partial charge in [-0.25, -0.2) is 4.79 Å². The molecule has 0 saturated heterocycles.